The molecule has 1 aliphatic heterocycles. The zero-order valence-electron chi connectivity index (χ0n) is 14.6. The highest BCUT2D eigenvalue weighted by molar-refractivity contribution is 9.10. The molecule has 0 N–H and O–H groups in total. The number of anilines is 1. The quantitative estimate of drug-likeness (QED) is 0.537. The van der Waals surface area contributed by atoms with Gasteiger partial charge in [0, 0.05) is 30.1 Å². The molecule has 0 bridgehead atoms. The number of piperazine rings is 1. The molecule has 1 fully saturated rings. The van der Waals surface area contributed by atoms with Crippen LogP contribution in [0, 0.1) is 15.9 Å². The van der Waals surface area contributed by atoms with E-state index in [4.69, 9.17) is 4.74 Å². The SMILES string of the molecule is C[C@H]1CN(C(=O)OC(C)(C)C)CCN1c1cc(Br)cc(F)c1[N+](=O)[O-]. The van der Waals surface area contributed by atoms with Gasteiger partial charge in [0.2, 0.25) is 5.82 Å². The molecule has 25 heavy (non-hydrogen) atoms. The predicted octanol–water partition coefficient (Wildman–Crippen LogP) is 3.94. The summed E-state index contributed by atoms with van der Waals surface area (Å²) in [7, 11) is 0. The van der Waals surface area contributed by atoms with Crippen LogP contribution in [0.1, 0.15) is 27.7 Å². The molecule has 2 rings (SSSR count). The topological polar surface area (TPSA) is 75.9 Å². The van der Waals surface area contributed by atoms with E-state index in [0.29, 0.717) is 24.1 Å². The first-order valence-electron chi connectivity index (χ1n) is 7.87. The van der Waals surface area contributed by atoms with Gasteiger partial charge in [-0.3, -0.25) is 10.1 Å². The fraction of sp³-hybridized carbons (Fsp3) is 0.562. The number of halogens is 2. The molecule has 1 amide bonds. The van der Waals surface area contributed by atoms with Gasteiger partial charge in [0.15, 0.2) is 0 Å². The first-order chi connectivity index (χ1) is 11.5. The van der Waals surface area contributed by atoms with E-state index >= 15 is 0 Å². The van der Waals surface area contributed by atoms with Crippen LogP contribution in [0.3, 0.4) is 0 Å². The maximum Gasteiger partial charge on any atom is 0.410 e. The van der Waals surface area contributed by atoms with E-state index in [1.54, 1.807) is 30.6 Å². The average molecular weight is 418 g/mol. The van der Waals surface area contributed by atoms with Crippen molar-refractivity contribution < 1.29 is 18.8 Å². The van der Waals surface area contributed by atoms with Crippen LogP contribution in [0.15, 0.2) is 16.6 Å². The predicted molar refractivity (Wildman–Crippen MR) is 95.4 cm³/mol. The second kappa shape index (κ2) is 7.15. The van der Waals surface area contributed by atoms with Gasteiger partial charge in [0.1, 0.15) is 11.3 Å². The lowest BCUT2D eigenvalue weighted by Gasteiger charge is -2.41. The van der Waals surface area contributed by atoms with Gasteiger partial charge in [-0.1, -0.05) is 15.9 Å². The Morgan fingerprint density at radius 2 is 2.04 bits per heavy atom. The van der Waals surface area contributed by atoms with Crippen LogP contribution in [0.25, 0.3) is 0 Å². The summed E-state index contributed by atoms with van der Waals surface area (Å²) in [5.74, 6) is -0.892. The van der Waals surface area contributed by atoms with E-state index in [0.717, 1.165) is 6.07 Å². The van der Waals surface area contributed by atoms with Crippen molar-refractivity contribution in [2.24, 2.45) is 0 Å². The van der Waals surface area contributed by atoms with Crippen molar-refractivity contribution in [2.75, 3.05) is 24.5 Å². The van der Waals surface area contributed by atoms with Crippen LogP contribution in [-0.2, 0) is 4.74 Å². The minimum Gasteiger partial charge on any atom is -0.444 e. The molecule has 0 aliphatic carbocycles. The summed E-state index contributed by atoms with van der Waals surface area (Å²) >= 11 is 3.18. The standard InChI is InChI=1S/C16H21BrFN3O4/c1-10-9-19(15(22)25-16(2,3)4)5-6-20(10)13-8-11(17)7-12(18)14(13)21(23)24/h7-8,10H,5-6,9H2,1-4H3/t10-/m0/s1. The number of benzene rings is 1. The molecular weight excluding hydrogens is 397 g/mol. The van der Waals surface area contributed by atoms with Crippen molar-refractivity contribution in [1.82, 2.24) is 4.90 Å². The summed E-state index contributed by atoms with van der Waals surface area (Å²) in [6.07, 6.45) is -0.422. The largest absolute Gasteiger partial charge is 0.444 e. The van der Waals surface area contributed by atoms with Crippen LogP contribution in [-0.4, -0.2) is 47.2 Å². The number of nitro benzene ring substituents is 1. The Kier molecular flexibility index (Phi) is 5.55. The third-order valence-electron chi connectivity index (χ3n) is 3.78. The Morgan fingerprint density at radius 3 is 2.56 bits per heavy atom. The van der Waals surface area contributed by atoms with Crippen LogP contribution in [0.4, 0.5) is 20.6 Å². The lowest BCUT2D eigenvalue weighted by molar-refractivity contribution is -0.386. The van der Waals surface area contributed by atoms with E-state index in [1.807, 2.05) is 6.92 Å². The Labute approximate surface area is 154 Å². The van der Waals surface area contributed by atoms with Crippen molar-refractivity contribution in [2.45, 2.75) is 39.3 Å². The number of nitrogens with zero attached hydrogens (tertiary/aromatic N) is 3. The number of amides is 1. The van der Waals surface area contributed by atoms with E-state index in [-0.39, 0.29) is 11.7 Å². The summed E-state index contributed by atoms with van der Waals surface area (Å²) in [6, 6.07) is 2.37. The van der Waals surface area contributed by atoms with Gasteiger partial charge < -0.3 is 14.5 Å². The average Bonchev–Trinajstić information content (AvgIpc) is 2.43. The number of carbonyl (C=O) groups excluding carboxylic acids is 1. The third kappa shape index (κ3) is 4.59. The zero-order valence-corrected chi connectivity index (χ0v) is 16.2. The summed E-state index contributed by atoms with van der Waals surface area (Å²) < 4.78 is 19.8. The summed E-state index contributed by atoms with van der Waals surface area (Å²) in [5, 5.41) is 11.3. The van der Waals surface area contributed by atoms with Crippen LogP contribution in [0.5, 0.6) is 0 Å². The van der Waals surface area contributed by atoms with Crippen molar-refractivity contribution >= 4 is 33.4 Å². The van der Waals surface area contributed by atoms with Gasteiger partial charge in [0.25, 0.3) is 0 Å². The summed E-state index contributed by atoms with van der Waals surface area (Å²) in [6.45, 7) is 8.22. The van der Waals surface area contributed by atoms with E-state index < -0.39 is 28.1 Å². The maximum absolute atomic E-state index is 14.1. The molecule has 0 radical (unpaired) electrons. The molecule has 1 aromatic carbocycles. The molecule has 1 atom stereocenters. The maximum atomic E-state index is 14.1. The van der Waals surface area contributed by atoms with Crippen LogP contribution in [0.2, 0.25) is 0 Å². The highest BCUT2D eigenvalue weighted by Gasteiger charge is 2.34. The minimum absolute atomic E-state index is 0.202. The lowest BCUT2D eigenvalue weighted by atomic mass is 10.1. The number of rotatable bonds is 2. The van der Waals surface area contributed by atoms with Crippen molar-refractivity contribution in [3.05, 3.63) is 32.5 Å². The van der Waals surface area contributed by atoms with E-state index in [1.165, 1.54) is 6.07 Å². The fourth-order valence-corrected chi connectivity index (χ4v) is 3.18. The van der Waals surface area contributed by atoms with Crippen LogP contribution < -0.4 is 4.90 Å². The highest BCUT2D eigenvalue weighted by atomic mass is 79.9. The summed E-state index contributed by atoms with van der Waals surface area (Å²) in [4.78, 5) is 26.1. The minimum atomic E-state index is -0.892. The molecule has 0 unspecified atom stereocenters. The van der Waals surface area contributed by atoms with Crippen molar-refractivity contribution in [3.8, 4) is 0 Å². The molecule has 0 spiro atoms. The van der Waals surface area contributed by atoms with Crippen LogP contribution >= 0.6 is 15.9 Å². The van der Waals surface area contributed by atoms with Gasteiger partial charge in [0.05, 0.1) is 4.92 Å². The third-order valence-corrected chi connectivity index (χ3v) is 4.24. The van der Waals surface area contributed by atoms with E-state index in [2.05, 4.69) is 15.9 Å². The normalized spacial score (nSPS) is 18.2. The first-order valence-corrected chi connectivity index (χ1v) is 8.67. The molecule has 1 aliphatic rings. The fourth-order valence-electron chi connectivity index (χ4n) is 2.76. The number of hydrogen-bond acceptors (Lipinski definition) is 5. The Hall–Kier alpha value is -1.90. The van der Waals surface area contributed by atoms with Crippen molar-refractivity contribution in [3.63, 3.8) is 0 Å². The van der Waals surface area contributed by atoms with Gasteiger partial charge in [-0.15, -0.1) is 0 Å². The number of ether oxygens (including phenoxy) is 1. The molecular formula is C16H21BrFN3O4. The summed E-state index contributed by atoms with van der Waals surface area (Å²) in [5.41, 5.74) is -0.946. The Bertz CT molecular complexity index is 693. The number of hydrogen-bond donors (Lipinski definition) is 0. The van der Waals surface area contributed by atoms with Gasteiger partial charge >= 0.3 is 11.8 Å². The molecule has 1 heterocycles. The Morgan fingerprint density at radius 1 is 1.40 bits per heavy atom. The molecule has 9 heteroatoms. The lowest BCUT2D eigenvalue weighted by Crippen LogP contribution is -2.54. The molecule has 0 saturated carbocycles. The second-order valence-corrected chi connectivity index (χ2v) is 7.90. The van der Waals surface area contributed by atoms with Gasteiger partial charge in [-0.2, -0.15) is 4.39 Å². The highest BCUT2D eigenvalue weighted by Crippen LogP contribution is 2.36. The molecule has 0 aromatic heterocycles. The molecule has 1 saturated heterocycles. The van der Waals surface area contributed by atoms with Gasteiger partial charge in [-0.05, 0) is 39.8 Å². The Balaban J connectivity index is 2.23. The smallest absolute Gasteiger partial charge is 0.410 e. The molecule has 7 nitrogen and oxygen atoms in total. The number of carbonyl (C=O) groups is 1. The van der Waals surface area contributed by atoms with E-state index in [9.17, 15) is 19.3 Å². The molecule has 1 aromatic rings. The van der Waals surface area contributed by atoms with Crippen molar-refractivity contribution in [1.29, 1.82) is 0 Å². The monoisotopic (exact) mass is 417 g/mol. The zero-order chi connectivity index (χ0) is 18.9. The molecule has 138 valence electrons. The first kappa shape index (κ1) is 19.4. The van der Waals surface area contributed by atoms with Gasteiger partial charge in [-0.25, -0.2) is 4.79 Å². The number of nitro groups is 1. The second-order valence-electron chi connectivity index (χ2n) is 6.98.